The van der Waals surface area contributed by atoms with Crippen LogP contribution in [0.3, 0.4) is 0 Å². The van der Waals surface area contributed by atoms with Crippen molar-refractivity contribution in [2.75, 3.05) is 31.1 Å². The van der Waals surface area contributed by atoms with E-state index >= 15 is 0 Å². The van der Waals surface area contributed by atoms with Crippen LogP contribution < -0.4 is 14.4 Å². The first kappa shape index (κ1) is 21.1. The fourth-order valence-corrected chi connectivity index (χ4v) is 4.56. The number of nitrogens with zero attached hydrogens (tertiary/aromatic N) is 2. The SMILES string of the molecule is CCOc1ccc(S(=O)(=O)NCCCN(CC)c2ccccc2)c2cccnc12. The van der Waals surface area contributed by atoms with Crippen LogP contribution in [0.4, 0.5) is 5.69 Å². The van der Waals surface area contributed by atoms with Gasteiger partial charge in [-0.2, -0.15) is 0 Å². The second kappa shape index (κ2) is 9.71. The maximum Gasteiger partial charge on any atom is 0.241 e. The first-order valence-corrected chi connectivity index (χ1v) is 11.3. The van der Waals surface area contributed by atoms with E-state index in [-0.39, 0.29) is 4.90 Å². The number of hydrogen-bond acceptors (Lipinski definition) is 5. The number of rotatable bonds is 10. The minimum Gasteiger partial charge on any atom is -0.492 e. The molecule has 154 valence electrons. The summed E-state index contributed by atoms with van der Waals surface area (Å²) < 4.78 is 34.1. The van der Waals surface area contributed by atoms with Gasteiger partial charge in [-0.25, -0.2) is 13.1 Å². The maximum absolute atomic E-state index is 12.9. The predicted octanol–water partition coefficient (Wildman–Crippen LogP) is 3.83. The molecule has 0 bridgehead atoms. The lowest BCUT2D eigenvalue weighted by atomic mass is 10.2. The molecule has 1 aromatic heterocycles. The van der Waals surface area contributed by atoms with Crippen molar-refractivity contribution >= 4 is 26.6 Å². The van der Waals surface area contributed by atoms with Gasteiger partial charge >= 0.3 is 0 Å². The molecule has 7 heteroatoms. The average Bonchev–Trinajstić information content (AvgIpc) is 2.74. The zero-order valence-electron chi connectivity index (χ0n) is 16.8. The Balaban J connectivity index is 1.69. The molecule has 0 unspecified atom stereocenters. The number of para-hydroxylation sites is 1. The van der Waals surface area contributed by atoms with E-state index in [1.54, 1.807) is 30.5 Å². The summed E-state index contributed by atoms with van der Waals surface area (Å²) in [5.41, 5.74) is 1.69. The summed E-state index contributed by atoms with van der Waals surface area (Å²) in [7, 11) is -3.65. The van der Waals surface area contributed by atoms with Crippen LogP contribution in [-0.2, 0) is 10.0 Å². The lowest BCUT2D eigenvalue weighted by Gasteiger charge is -2.23. The smallest absolute Gasteiger partial charge is 0.241 e. The van der Waals surface area contributed by atoms with Crippen molar-refractivity contribution < 1.29 is 13.2 Å². The molecule has 1 heterocycles. The van der Waals surface area contributed by atoms with Gasteiger partial charge in [0.25, 0.3) is 0 Å². The highest BCUT2D eigenvalue weighted by Crippen LogP contribution is 2.29. The third kappa shape index (κ3) is 5.05. The number of aromatic nitrogens is 1. The first-order valence-electron chi connectivity index (χ1n) is 9.87. The van der Waals surface area contributed by atoms with Crippen LogP contribution in [0.5, 0.6) is 5.75 Å². The molecule has 0 aliphatic carbocycles. The third-order valence-corrected chi connectivity index (χ3v) is 6.20. The van der Waals surface area contributed by atoms with Crippen LogP contribution in [0, 0.1) is 0 Å². The highest BCUT2D eigenvalue weighted by atomic mass is 32.2. The van der Waals surface area contributed by atoms with Crippen LogP contribution >= 0.6 is 0 Å². The van der Waals surface area contributed by atoms with Gasteiger partial charge in [-0.15, -0.1) is 0 Å². The number of nitrogens with one attached hydrogen (secondary N) is 1. The Bertz CT molecular complexity index is 1040. The molecule has 6 nitrogen and oxygen atoms in total. The number of hydrogen-bond donors (Lipinski definition) is 1. The van der Waals surface area contributed by atoms with Crippen molar-refractivity contribution in [3.63, 3.8) is 0 Å². The molecule has 1 N–H and O–H groups in total. The van der Waals surface area contributed by atoms with Crippen LogP contribution in [0.1, 0.15) is 20.3 Å². The highest BCUT2D eigenvalue weighted by molar-refractivity contribution is 7.89. The molecule has 0 atom stereocenters. The Morgan fingerprint density at radius 2 is 1.83 bits per heavy atom. The fourth-order valence-electron chi connectivity index (χ4n) is 3.29. The van der Waals surface area contributed by atoms with Crippen molar-refractivity contribution in [2.45, 2.75) is 25.2 Å². The summed E-state index contributed by atoms with van der Waals surface area (Å²) in [4.78, 5) is 6.76. The summed E-state index contributed by atoms with van der Waals surface area (Å²) >= 11 is 0. The number of sulfonamides is 1. The van der Waals surface area contributed by atoms with E-state index in [4.69, 9.17) is 4.74 Å². The fraction of sp³-hybridized carbons (Fsp3) is 0.318. The number of anilines is 1. The lowest BCUT2D eigenvalue weighted by Crippen LogP contribution is -2.30. The molecule has 0 saturated heterocycles. The zero-order chi connectivity index (χ0) is 20.7. The van der Waals surface area contributed by atoms with Crippen molar-refractivity contribution in [2.24, 2.45) is 0 Å². The number of fused-ring (bicyclic) bond motifs is 1. The van der Waals surface area contributed by atoms with Gasteiger partial charge in [-0.3, -0.25) is 4.98 Å². The van der Waals surface area contributed by atoms with Gasteiger partial charge in [0, 0.05) is 36.9 Å². The zero-order valence-corrected chi connectivity index (χ0v) is 17.7. The van der Waals surface area contributed by atoms with Gasteiger partial charge in [0.15, 0.2) is 0 Å². The van der Waals surface area contributed by atoms with Gasteiger partial charge < -0.3 is 9.64 Å². The van der Waals surface area contributed by atoms with Gasteiger partial charge in [-0.05, 0) is 56.7 Å². The molecule has 2 aromatic carbocycles. The lowest BCUT2D eigenvalue weighted by molar-refractivity contribution is 0.343. The first-order chi connectivity index (χ1) is 14.1. The normalized spacial score (nSPS) is 11.5. The van der Waals surface area contributed by atoms with E-state index in [2.05, 4.69) is 33.7 Å². The van der Waals surface area contributed by atoms with Crippen molar-refractivity contribution in [1.29, 1.82) is 0 Å². The van der Waals surface area contributed by atoms with Crippen molar-refractivity contribution in [3.8, 4) is 5.75 Å². The topological polar surface area (TPSA) is 71.5 Å². The van der Waals surface area contributed by atoms with Crippen LogP contribution in [0.2, 0.25) is 0 Å². The largest absolute Gasteiger partial charge is 0.492 e. The third-order valence-electron chi connectivity index (χ3n) is 4.68. The predicted molar refractivity (Wildman–Crippen MR) is 117 cm³/mol. The summed E-state index contributed by atoms with van der Waals surface area (Å²) in [6.07, 6.45) is 2.34. The molecule has 0 radical (unpaired) electrons. The number of ether oxygens (including phenoxy) is 1. The minimum atomic E-state index is -3.65. The summed E-state index contributed by atoms with van der Waals surface area (Å²) in [5, 5.41) is 0.561. The van der Waals surface area contributed by atoms with E-state index in [1.165, 1.54) is 0 Å². The maximum atomic E-state index is 12.9. The molecule has 3 aromatic rings. The summed E-state index contributed by atoms with van der Waals surface area (Å²) in [6, 6.07) is 16.9. The Kier molecular flexibility index (Phi) is 7.06. The highest BCUT2D eigenvalue weighted by Gasteiger charge is 2.19. The minimum absolute atomic E-state index is 0.222. The molecule has 0 amide bonds. The molecule has 29 heavy (non-hydrogen) atoms. The monoisotopic (exact) mass is 413 g/mol. The van der Waals surface area contributed by atoms with Crippen molar-refractivity contribution in [1.82, 2.24) is 9.71 Å². The van der Waals surface area contributed by atoms with E-state index in [0.717, 1.165) is 18.8 Å². The second-order valence-corrected chi connectivity index (χ2v) is 8.30. The Morgan fingerprint density at radius 1 is 1.03 bits per heavy atom. The molecule has 0 aliphatic rings. The van der Waals surface area contributed by atoms with E-state index < -0.39 is 10.0 Å². The van der Waals surface area contributed by atoms with Gasteiger partial charge in [0.2, 0.25) is 10.0 Å². The number of pyridine rings is 1. The molecule has 0 aliphatic heterocycles. The summed E-state index contributed by atoms with van der Waals surface area (Å²) in [5.74, 6) is 0.587. The number of benzene rings is 2. The molecular formula is C22H27N3O3S. The average molecular weight is 414 g/mol. The Hall–Kier alpha value is -2.64. The molecule has 0 spiro atoms. The second-order valence-electron chi connectivity index (χ2n) is 6.56. The van der Waals surface area contributed by atoms with E-state index in [9.17, 15) is 8.42 Å². The molecule has 0 saturated carbocycles. The molecule has 0 fully saturated rings. The Labute approximate surface area is 172 Å². The van der Waals surface area contributed by atoms with Gasteiger partial charge in [0.1, 0.15) is 11.3 Å². The van der Waals surface area contributed by atoms with E-state index in [0.29, 0.717) is 36.2 Å². The van der Waals surface area contributed by atoms with Crippen molar-refractivity contribution in [3.05, 3.63) is 60.8 Å². The van der Waals surface area contributed by atoms with Gasteiger partial charge in [-0.1, -0.05) is 18.2 Å². The molecule has 3 rings (SSSR count). The summed E-state index contributed by atoms with van der Waals surface area (Å²) in [6.45, 7) is 6.47. The molecular weight excluding hydrogens is 386 g/mol. The van der Waals surface area contributed by atoms with Crippen LogP contribution in [0.25, 0.3) is 10.9 Å². The van der Waals surface area contributed by atoms with Gasteiger partial charge in [0.05, 0.1) is 11.5 Å². The van der Waals surface area contributed by atoms with E-state index in [1.807, 2.05) is 25.1 Å². The van der Waals surface area contributed by atoms with Crippen LogP contribution in [0.15, 0.2) is 65.7 Å². The standard InChI is InChI=1S/C22H27N3O3S/c1-3-25(18-10-6-5-7-11-18)17-9-16-24-29(26,27)21-14-13-20(28-4-2)22-19(21)12-8-15-23-22/h5-8,10-15,24H,3-4,9,16-17H2,1-2H3. The van der Waals surface area contributed by atoms with Crippen LogP contribution in [-0.4, -0.2) is 39.6 Å². The quantitative estimate of drug-likeness (QED) is 0.512. The Morgan fingerprint density at radius 3 is 2.55 bits per heavy atom.